The van der Waals surface area contributed by atoms with Crippen LogP contribution in [0.1, 0.15) is 12.8 Å². The van der Waals surface area contributed by atoms with Crippen molar-refractivity contribution in [3.8, 4) is 0 Å². The molecule has 0 aromatic heterocycles. The molecule has 0 radical (unpaired) electrons. The molecular weight excluding hydrogens is 140 g/mol. The number of aliphatic imine (C=N–C) groups is 1. The molecule has 1 rings (SSSR count). The summed E-state index contributed by atoms with van der Waals surface area (Å²) in [6.07, 6.45) is 5.43. The molecule has 1 saturated heterocycles. The lowest BCUT2D eigenvalue weighted by Crippen LogP contribution is -2.29. The predicted octanol–water partition coefficient (Wildman–Crippen LogP) is -0.246. The minimum absolute atomic E-state index is 0.467. The first-order valence-corrected chi connectivity index (χ1v) is 3.89. The molecule has 0 aromatic rings. The van der Waals surface area contributed by atoms with Crippen molar-refractivity contribution < 1.29 is 0 Å². The average molecular weight is 154 g/mol. The lowest BCUT2D eigenvalue weighted by Gasteiger charge is -2.18. The second-order valence-electron chi connectivity index (χ2n) is 2.58. The minimum Gasteiger partial charge on any atom is -0.323 e. The highest BCUT2D eigenvalue weighted by Gasteiger charge is 2.09. The van der Waals surface area contributed by atoms with Gasteiger partial charge in [-0.25, -0.2) is 0 Å². The van der Waals surface area contributed by atoms with E-state index in [9.17, 15) is 0 Å². The molecule has 0 saturated carbocycles. The third kappa shape index (κ3) is 3.13. The van der Waals surface area contributed by atoms with Crippen LogP contribution in [0.3, 0.4) is 0 Å². The molecule has 0 aromatic carbocycles. The summed E-state index contributed by atoms with van der Waals surface area (Å²) in [6.45, 7) is 2.14. The van der Waals surface area contributed by atoms with Gasteiger partial charge in [0.1, 0.15) is 0 Å². The van der Waals surface area contributed by atoms with E-state index in [1.165, 1.54) is 6.21 Å². The Morgan fingerprint density at radius 2 is 2.00 bits per heavy atom. The quantitative estimate of drug-likeness (QED) is 0.327. The summed E-state index contributed by atoms with van der Waals surface area (Å²) >= 11 is 0. The number of piperidine rings is 1. The maximum absolute atomic E-state index is 4.91. The van der Waals surface area contributed by atoms with E-state index in [2.05, 4.69) is 15.4 Å². The minimum atomic E-state index is 0.467. The molecule has 4 nitrogen and oxygen atoms in total. The van der Waals surface area contributed by atoms with Crippen LogP contribution >= 0.6 is 0 Å². The van der Waals surface area contributed by atoms with Crippen LogP contribution in [0.2, 0.25) is 0 Å². The second-order valence-corrected chi connectivity index (χ2v) is 2.58. The Hall–Kier alpha value is -0.900. The standard InChI is InChI=1S/C7H14N4/c8-11-6-5-10-7-1-3-9-4-2-7/h5-7,9H,1-4,8H2/b10-5?,11-6-. The summed E-state index contributed by atoms with van der Waals surface area (Å²) in [5.41, 5.74) is 0. The van der Waals surface area contributed by atoms with Crippen LogP contribution in [0.4, 0.5) is 0 Å². The van der Waals surface area contributed by atoms with Gasteiger partial charge in [0.05, 0.1) is 12.3 Å². The van der Waals surface area contributed by atoms with Crippen LogP contribution in [-0.2, 0) is 0 Å². The van der Waals surface area contributed by atoms with Crippen molar-refractivity contribution in [3.63, 3.8) is 0 Å². The third-order valence-corrected chi connectivity index (χ3v) is 1.76. The molecule has 0 spiro atoms. The average Bonchev–Trinajstić information content (AvgIpc) is 2.07. The van der Waals surface area contributed by atoms with E-state index in [1.807, 2.05) is 0 Å². The predicted molar refractivity (Wildman–Crippen MR) is 47.1 cm³/mol. The molecule has 0 atom stereocenters. The van der Waals surface area contributed by atoms with Gasteiger partial charge in [-0.2, -0.15) is 5.10 Å². The number of hydrogen-bond donors (Lipinski definition) is 2. The SMILES string of the molecule is N/N=C\C=NC1CCNCC1. The van der Waals surface area contributed by atoms with Gasteiger partial charge in [-0.15, -0.1) is 0 Å². The van der Waals surface area contributed by atoms with E-state index in [0.717, 1.165) is 25.9 Å². The molecule has 0 bridgehead atoms. The number of nitrogens with zero attached hydrogens (tertiary/aromatic N) is 2. The van der Waals surface area contributed by atoms with E-state index in [4.69, 9.17) is 5.84 Å². The fraction of sp³-hybridized carbons (Fsp3) is 0.714. The first-order chi connectivity index (χ1) is 5.43. The summed E-state index contributed by atoms with van der Waals surface area (Å²) in [4.78, 5) is 4.28. The molecule has 11 heavy (non-hydrogen) atoms. The van der Waals surface area contributed by atoms with Gasteiger partial charge < -0.3 is 11.2 Å². The highest BCUT2D eigenvalue weighted by atomic mass is 15.1. The van der Waals surface area contributed by atoms with Gasteiger partial charge in [0.25, 0.3) is 0 Å². The van der Waals surface area contributed by atoms with Crippen molar-refractivity contribution in [2.75, 3.05) is 13.1 Å². The van der Waals surface area contributed by atoms with Crippen molar-refractivity contribution in [1.29, 1.82) is 0 Å². The first kappa shape index (κ1) is 8.20. The zero-order valence-corrected chi connectivity index (χ0v) is 6.53. The molecule has 3 N–H and O–H groups in total. The Labute approximate surface area is 66.6 Å². The summed E-state index contributed by atoms with van der Waals surface area (Å²) in [6, 6.07) is 0.467. The van der Waals surface area contributed by atoms with Gasteiger partial charge in [0.15, 0.2) is 0 Å². The number of hydrazone groups is 1. The van der Waals surface area contributed by atoms with Crippen molar-refractivity contribution in [3.05, 3.63) is 0 Å². The Morgan fingerprint density at radius 3 is 2.64 bits per heavy atom. The van der Waals surface area contributed by atoms with Crippen LogP contribution in [0.15, 0.2) is 10.1 Å². The molecule has 1 heterocycles. The molecule has 1 aliphatic rings. The zero-order valence-electron chi connectivity index (χ0n) is 6.53. The van der Waals surface area contributed by atoms with Gasteiger partial charge in [0, 0.05) is 6.21 Å². The zero-order chi connectivity index (χ0) is 7.94. The van der Waals surface area contributed by atoms with Crippen LogP contribution in [-0.4, -0.2) is 31.6 Å². The number of hydrogen-bond acceptors (Lipinski definition) is 4. The highest BCUT2D eigenvalue weighted by molar-refractivity contribution is 6.15. The van der Waals surface area contributed by atoms with Crippen LogP contribution in [0.5, 0.6) is 0 Å². The Morgan fingerprint density at radius 1 is 1.27 bits per heavy atom. The molecule has 0 aliphatic carbocycles. The number of nitrogens with one attached hydrogen (secondary N) is 1. The van der Waals surface area contributed by atoms with E-state index in [1.54, 1.807) is 6.21 Å². The normalized spacial score (nSPS) is 21.8. The third-order valence-electron chi connectivity index (χ3n) is 1.76. The maximum atomic E-state index is 4.91. The van der Waals surface area contributed by atoms with E-state index in [-0.39, 0.29) is 0 Å². The number of nitrogens with two attached hydrogens (primary N) is 1. The molecule has 0 amide bonds. The van der Waals surface area contributed by atoms with Crippen molar-refractivity contribution in [2.45, 2.75) is 18.9 Å². The van der Waals surface area contributed by atoms with Crippen molar-refractivity contribution in [2.24, 2.45) is 15.9 Å². The Bertz CT molecular complexity index is 147. The van der Waals surface area contributed by atoms with E-state index in [0.29, 0.717) is 6.04 Å². The molecule has 1 fully saturated rings. The van der Waals surface area contributed by atoms with Crippen molar-refractivity contribution in [1.82, 2.24) is 5.32 Å². The summed E-state index contributed by atoms with van der Waals surface area (Å²) in [5.74, 6) is 4.91. The molecule has 62 valence electrons. The largest absolute Gasteiger partial charge is 0.323 e. The van der Waals surface area contributed by atoms with Crippen LogP contribution in [0.25, 0.3) is 0 Å². The first-order valence-electron chi connectivity index (χ1n) is 3.89. The van der Waals surface area contributed by atoms with E-state index >= 15 is 0 Å². The fourth-order valence-corrected chi connectivity index (χ4v) is 1.15. The highest BCUT2D eigenvalue weighted by Crippen LogP contribution is 2.05. The molecule has 4 heteroatoms. The second kappa shape index (κ2) is 4.85. The van der Waals surface area contributed by atoms with Crippen LogP contribution < -0.4 is 11.2 Å². The van der Waals surface area contributed by atoms with Crippen LogP contribution in [0, 0.1) is 0 Å². The maximum Gasteiger partial charge on any atom is 0.0644 e. The summed E-state index contributed by atoms with van der Waals surface area (Å²) in [7, 11) is 0. The summed E-state index contributed by atoms with van der Waals surface area (Å²) in [5, 5.41) is 6.60. The smallest absolute Gasteiger partial charge is 0.0644 e. The molecular formula is C7H14N4. The summed E-state index contributed by atoms with van der Waals surface area (Å²) < 4.78 is 0. The van der Waals surface area contributed by atoms with E-state index < -0.39 is 0 Å². The lowest BCUT2D eigenvalue weighted by molar-refractivity contribution is 0.461. The fourth-order valence-electron chi connectivity index (χ4n) is 1.15. The monoisotopic (exact) mass is 154 g/mol. The Kier molecular flexibility index (Phi) is 3.61. The van der Waals surface area contributed by atoms with Crippen molar-refractivity contribution >= 4 is 12.4 Å². The molecule has 0 unspecified atom stereocenters. The Balaban J connectivity index is 2.23. The van der Waals surface area contributed by atoms with Gasteiger partial charge in [-0.05, 0) is 25.9 Å². The number of rotatable bonds is 2. The van der Waals surface area contributed by atoms with Gasteiger partial charge in [-0.3, -0.25) is 4.99 Å². The molecule has 1 aliphatic heterocycles. The van der Waals surface area contributed by atoms with Gasteiger partial charge in [-0.1, -0.05) is 0 Å². The van der Waals surface area contributed by atoms with Gasteiger partial charge in [0.2, 0.25) is 0 Å². The topological polar surface area (TPSA) is 62.8 Å². The van der Waals surface area contributed by atoms with Gasteiger partial charge >= 0.3 is 0 Å². The lowest BCUT2D eigenvalue weighted by atomic mass is 10.1.